The van der Waals surface area contributed by atoms with Gasteiger partial charge in [0.2, 0.25) is 0 Å². The van der Waals surface area contributed by atoms with Gasteiger partial charge in [0.1, 0.15) is 0 Å². The van der Waals surface area contributed by atoms with Crippen molar-refractivity contribution in [1.29, 1.82) is 0 Å². The summed E-state index contributed by atoms with van der Waals surface area (Å²) in [5.41, 5.74) is 0. The van der Waals surface area contributed by atoms with Crippen LogP contribution in [0.2, 0.25) is 0 Å². The Balaban J connectivity index is 2.22. The summed E-state index contributed by atoms with van der Waals surface area (Å²) in [5.74, 6) is 0.802. The molecule has 0 radical (unpaired) electrons. The van der Waals surface area contributed by atoms with E-state index in [0.29, 0.717) is 0 Å². The Morgan fingerprint density at radius 3 is 3.15 bits per heavy atom. The van der Waals surface area contributed by atoms with Crippen LogP contribution in [0, 0.1) is 5.92 Å². The van der Waals surface area contributed by atoms with Crippen LogP contribution in [0.5, 0.6) is 0 Å². The highest BCUT2D eigenvalue weighted by Crippen LogP contribution is 2.30. The van der Waals surface area contributed by atoms with Gasteiger partial charge >= 0.3 is 0 Å². The van der Waals surface area contributed by atoms with Crippen LogP contribution < -0.4 is 0 Å². The van der Waals surface area contributed by atoms with E-state index in [1.54, 1.807) is 0 Å². The molecule has 0 aromatic rings. The van der Waals surface area contributed by atoms with E-state index in [-0.39, 0.29) is 0 Å². The molecule has 1 aliphatic carbocycles. The van der Waals surface area contributed by atoms with Gasteiger partial charge < -0.3 is 0 Å². The summed E-state index contributed by atoms with van der Waals surface area (Å²) in [7, 11) is 0. The molecule has 1 aliphatic rings. The minimum absolute atomic E-state index is 0.802. The molecule has 0 aromatic heterocycles. The Bertz CT molecular complexity index is 223. The predicted octanol–water partition coefficient (Wildman–Crippen LogP) is 4.63. The van der Waals surface area contributed by atoms with Crippen LogP contribution >= 0.6 is 22.6 Å². The first-order chi connectivity index (χ1) is 6.34. The molecule has 1 atom stereocenters. The fourth-order valence-electron chi connectivity index (χ4n) is 1.56. The van der Waals surface area contributed by atoms with E-state index in [9.17, 15) is 0 Å². The van der Waals surface area contributed by atoms with Crippen molar-refractivity contribution >= 4 is 22.6 Å². The largest absolute Gasteiger partial charge is 0.0917 e. The molecule has 0 amide bonds. The first-order valence-corrected chi connectivity index (χ1v) is 6.06. The number of unbranched alkanes of at least 4 members (excludes halogenated alkanes) is 1. The fourth-order valence-corrected chi connectivity index (χ4v) is 2.33. The lowest BCUT2D eigenvalue weighted by Gasteiger charge is -2.16. The normalized spacial score (nSPS) is 22.3. The van der Waals surface area contributed by atoms with E-state index in [0.717, 1.165) is 5.92 Å². The summed E-state index contributed by atoms with van der Waals surface area (Å²) in [4.78, 5) is 0. The van der Waals surface area contributed by atoms with E-state index >= 15 is 0 Å². The van der Waals surface area contributed by atoms with Crippen molar-refractivity contribution in [3.8, 4) is 0 Å². The SMILES string of the molecule is C/C=C\CCCC1CC=CC=C1I. The molecule has 1 unspecified atom stereocenters. The molecule has 1 rings (SSSR count). The summed E-state index contributed by atoms with van der Waals surface area (Å²) in [6.07, 6.45) is 16.2. The van der Waals surface area contributed by atoms with Crippen molar-refractivity contribution in [2.75, 3.05) is 0 Å². The molecule has 0 bridgehead atoms. The molecule has 0 spiro atoms. The van der Waals surface area contributed by atoms with Crippen LogP contribution in [-0.4, -0.2) is 0 Å². The van der Waals surface area contributed by atoms with Gasteiger partial charge in [-0.2, -0.15) is 0 Å². The Hall–Kier alpha value is -0.0500. The standard InChI is InChI=1S/C12H17I/c1-2-3-4-5-8-11-9-6-7-10-12(11)13/h2-3,6-7,10-11H,4-5,8-9H2,1H3/b3-2-. The highest BCUT2D eigenvalue weighted by Gasteiger charge is 2.11. The molecule has 0 aliphatic heterocycles. The number of hydrogen-bond donors (Lipinski definition) is 0. The highest BCUT2D eigenvalue weighted by molar-refractivity contribution is 14.1. The molecule has 0 N–H and O–H groups in total. The number of allylic oxidation sites excluding steroid dienone is 6. The maximum atomic E-state index is 2.47. The lowest BCUT2D eigenvalue weighted by Crippen LogP contribution is -2.01. The third-order valence-corrected chi connectivity index (χ3v) is 3.60. The van der Waals surface area contributed by atoms with Crippen LogP contribution in [-0.2, 0) is 0 Å². The summed E-state index contributed by atoms with van der Waals surface area (Å²) < 4.78 is 1.53. The first kappa shape index (κ1) is 11.0. The van der Waals surface area contributed by atoms with Crippen LogP contribution in [0.1, 0.15) is 32.6 Å². The van der Waals surface area contributed by atoms with Gasteiger partial charge in [-0.1, -0.05) is 30.4 Å². The number of rotatable bonds is 4. The second kappa shape index (κ2) is 6.41. The van der Waals surface area contributed by atoms with Gasteiger partial charge in [0.15, 0.2) is 0 Å². The second-order valence-electron chi connectivity index (χ2n) is 3.41. The van der Waals surface area contributed by atoms with Gasteiger partial charge in [0, 0.05) is 0 Å². The Labute approximate surface area is 94.9 Å². The summed E-state index contributed by atoms with van der Waals surface area (Å²) >= 11 is 2.47. The summed E-state index contributed by atoms with van der Waals surface area (Å²) in [6, 6.07) is 0. The fraction of sp³-hybridized carbons (Fsp3) is 0.500. The minimum Gasteiger partial charge on any atom is -0.0917 e. The summed E-state index contributed by atoms with van der Waals surface area (Å²) in [5, 5.41) is 0. The third-order valence-electron chi connectivity index (χ3n) is 2.36. The van der Waals surface area contributed by atoms with E-state index < -0.39 is 0 Å². The zero-order valence-electron chi connectivity index (χ0n) is 8.17. The molecule has 0 saturated heterocycles. The average molecular weight is 288 g/mol. The van der Waals surface area contributed by atoms with Crippen molar-refractivity contribution in [2.24, 2.45) is 5.92 Å². The molecule has 0 aromatic carbocycles. The van der Waals surface area contributed by atoms with Crippen LogP contribution in [0.15, 0.2) is 34.0 Å². The zero-order valence-corrected chi connectivity index (χ0v) is 10.3. The number of halogens is 1. The molecular formula is C12H17I. The van der Waals surface area contributed by atoms with E-state index in [1.165, 1.54) is 29.3 Å². The van der Waals surface area contributed by atoms with E-state index in [2.05, 4.69) is 59.9 Å². The van der Waals surface area contributed by atoms with Crippen molar-refractivity contribution in [1.82, 2.24) is 0 Å². The molecule has 1 heteroatoms. The van der Waals surface area contributed by atoms with Gasteiger partial charge in [-0.3, -0.25) is 0 Å². The lowest BCUT2D eigenvalue weighted by atomic mass is 9.95. The van der Waals surface area contributed by atoms with Crippen molar-refractivity contribution in [3.63, 3.8) is 0 Å². The Kier molecular flexibility index (Phi) is 5.44. The Morgan fingerprint density at radius 1 is 1.62 bits per heavy atom. The second-order valence-corrected chi connectivity index (χ2v) is 4.66. The van der Waals surface area contributed by atoms with Gasteiger partial charge in [-0.15, -0.1) is 0 Å². The maximum absolute atomic E-state index is 2.47. The minimum atomic E-state index is 0.802. The maximum Gasteiger partial charge on any atom is -0.00601 e. The molecule has 0 heterocycles. The van der Waals surface area contributed by atoms with Crippen molar-refractivity contribution in [3.05, 3.63) is 34.0 Å². The summed E-state index contributed by atoms with van der Waals surface area (Å²) in [6.45, 7) is 2.09. The predicted molar refractivity (Wildman–Crippen MR) is 68.0 cm³/mol. The smallest absolute Gasteiger partial charge is 0.00601 e. The molecule has 13 heavy (non-hydrogen) atoms. The van der Waals surface area contributed by atoms with Crippen LogP contribution in [0.25, 0.3) is 0 Å². The molecule has 0 nitrogen and oxygen atoms in total. The van der Waals surface area contributed by atoms with Crippen LogP contribution in [0.4, 0.5) is 0 Å². The van der Waals surface area contributed by atoms with E-state index in [1.807, 2.05) is 0 Å². The van der Waals surface area contributed by atoms with E-state index in [4.69, 9.17) is 0 Å². The third kappa shape index (κ3) is 4.12. The topological polar surface area (TPSA) is 0 Å². The first-order valence-electron chi connectivity index (χ1n) is 4.98. The molecule has 0 fully saturated rings. The quantitative estimate of drug-likeness (QED) is 0.402. The zero-order chi connectivity index (χ0) is 9.52. The van der Waals surface area contributed by atoms with Gasteiger partial charge in [0.05, 0.1) is 0 Å². The Morgan fingerprint density at radius 2 is 2.46 bits per heavy atom. The molecule has 0 saturated carbocycles. The monoisotopic (exact) mass is 288 g/mol. The molecular weight excluding hydrogens is 271 g/mol. The average Bonchev–Trinajstić information content (AvgIpc) is 2.15. The lowest BCUT2D eigenvalue weighted by molar-refractivity contribution is 0.564. The van der Waals surface area contributed by atoms with Gasteiger partial charge in [-0.05, 0) is 64.7 Å². The van der Waals surface area contributed by atoms with Crippen LogP contribution in [0.3, 0.4) is 0 Å². The van der Waals surface area contributed by atoms with Gasteiger partial charge in [-0.25, -0.2) is 0 Å². The molecule has 72 valence electrons. The highest BCUT2D eigenvalue weighted by atomic mass is 127. The number of hydrogen-bond acceptors (Lipinski definition) is 0. The van der Waals surface area contributed by atoms with Crippen molar-refractivity contribution in [2.45, 2.75) is 32.6 Å². The van der Waals surface area contributed by atoms with Crippen molar-refractivity contribution < 1.29 is 0 Å². The van der Waals surface area contributed by atoms with Gasteiger partial charge in [0.25, 0.3) is 0 Å².